The van der Waals surface area contributed by atoms with Gasteiger partial charge in [0, 0.05) is 30.6 Å². The Bertz CT molecular complexity index is 588. The van der Waals surface area contributed by atoms with E-state index >= 15 is 0 Å². The molecule has 0 amide bonds. The second-order valence-corrected chi connectivity index (χ2v) is 4.08. The first kappa shape index (κ1) is 11.3. The zero-order chi connectivity index (χ0) is 12.4. The molecule has 0 radical (unpaired) electrons. The van der Waals surface area contributed by atoms with Crippen LogP contribution in [0, 0.1) is 0 Å². The number of anilines is 1. The third kappa shape index (κ3) is 1.80. The largest absolute Gasteiger partial charge is 0.377 e. The summed E-state index contributed by atoms with van der Waals surface area (Å²) in [5, 5.41) is 1.79. The van der Waals surface area contributed by atoms with Gasteiger partial charge in [-0.15, -0.1) is 0 Å². The van der Waals surface area contributed by atoms with E-state index in [0.29, 0.717) is 11.1 Å². The third-order valence-electron chi connectivity index (χ3n) is 2.78. The van der Waals surface area contributed by atoms with Crippen molar-refractivity contribution in [2.75, 3.05) is 19.0 Å². The lowest BCUT2D eigenvalue weighted by Gasteiger charge is -2.18. The molecule has 2 aromatic rings. The minimum Gasteiger partial charge on any atom is -0.377 e. The molecule has 0 aliphatic heterocycles. The maximum Gasteiger partial charge on any atom is 0.152 e. The fourth-order valence-corrected chi connectivity index (χ4v) is 2.10. The van der Waals surface area contributed by atoms with Gasteiger partial charge in [0.05, 0.1) is 5.69 Å². The molecule has 0 saturated carbocycles. The first-order valence-corrected chi connectivity index (χ1v) is 5.32. The first-order chi connectivity index (χ1) is 8.19. The average molecular weight is 227 g/mol. The standard InChI is InChI=1S/C14H13NO2/c1-15(2)14-11(9-17)7-10(8-16)12-5-3-4-6-13(12)14/h3-9H,1-2H3. The van der Waals surface area contributed by atoms with E-state index in [-0.39, 0.29) is 0 Å². The molecule has 86 valence electrons. The highest BCUT2D eigenvalue weighted by atomic mass is 16.1. The van der Waals surface area contributed by atoms with Gasteiger partial charge in [-0.05, 0) is 11.5 Å². The van der Waals surface area contributed by atoms with Crippen LogP contribution in [0.5, 0.6) is 0 Å². The third-order valence-corrected chi connectivity index (χ3v) is 2.78. The van der Waals surface area contributed by atoms with Crippen molar-refractivity contribution >= 4 is 29.0 Å². The molecule has 0 N–H and O–H groups in total. The van der Waals surface area contributed by atoms with Crippen LogP contribution in [0.15, 0.2) is 30.3 Å². The number of rotatable bonds is 3. The SMILES string of the molecule is CN(C)c1c(C=O)cc(C=O)c2ccccc12. The smallest absolute Gasteiger partial charge is 0.152 e. The maximum atomic E-state index is 11.1. The summed E-state index contributed by atoms with van der Waals surface area (Å²) >= 11 is 0. The second kappa shape index (κ2) is 4.37. The van der Waals surface area contributed by atoms with Crippen molar-refractivity contribution in [1.82, 2.24) is 0 Å². The zero-order valence-electron chi connectivity index (χ0n) is 9.81. The summed E-state index contributed by atoms with van der Waals surface area (Å²) in [6, 6.07) is 9.23. The number of carbonyl (C=O) groups excluding carboxylic acids is 2. The van der Waals surface area contributed by atoms with Crippen LogP contribution in [0.3, 0.4) is 0 Å². The van der Waals surface area contributed by atoms with Gasteiger partial charge in [-0.25, -0.2) is 0 Å². The van der Waals surface area contributed by atoms with Crippen molar-refractivity contribution < 1.29 is 9.59 Å². The van der Waals surface area contributed by atoms with Crippen LogP contribution in [0.25, 0.3) is 10.8 Å². The van der Waals surface area contributed by atoms with Crippen LogP contribution in [-0.2, 0) is 0 Å². The van der Waals surface area contributed by atoms with Crippen molar-refractivity contribution in [3.63, 3.8) is 0 Å². The van der Waals surface area contributed by atoms with E-state index in [1.54, 1.807) is 6.07 Å². The molecular weight excluding hydrogens is 214 g/mol. The highest BCUT2D eigenvalue weighted by Crippen LogP contribution is 2.30. The number of nitrogens with zero attached hydrogens (tertiary/aromatic N) is 1. The molecule has 0 heterocycles. The number of benzene rings is 2. The Balaban J connectivity index is 2.95. The summed E-state index contributed by atoms with van der Waals surface area (Å²) in [6.45, 7) is 0. The Morgan fingerprint density at radius 3 is 2.06 bits per heavy atom. The van der Waals surface area contributed by atoms with Crippen LogP contribution in [-0.4, -0.2) is 26.7 Å². The highest BCUT2D eigenvalue weighted by Gasteiger charge is 2.12. The molecule has 0 atom stereocenters. The van der Waals surface area contributed by atoms with E-state index in [2.05, 4.69) is 0 Å². The summed E-state index contributed by atoms with van der Waals surface area (Å²) in [5.74, 6) is 0. The molecule has 0 saturated heterocycles. The van der Waals surface area contributed by atoms with Gasteiger partial charge in [0.2, 0.25) is 0 Å². The van der Waals surface area contributed by atoms with Crippen LogP contribution >= 0.6 is 0 Å². The van der Waals surface area contributed by atoms with Gasteiger partial charge < -0.3 is 4.90 Å². The van der Waals surface area contributed by atoms with Crippen LogP contribution in [0.1, 0.15) is 20.7 Å². The van der Waals surface area contributed by atoms with Crippen molar-refractivity contribution in [2.45, 2.75) is 0 Å². The molecule has 0 aliphatic rings. The fraction of sp³-hybridized carbons (Fsp3) is 0.143. The predicted molar refractivity (Wildman–Crippen MR) is 69.1 cm³/mol. The van der Waals surface area contributed by atoms with E-state index < -0.39 is 0 Å². The van der Waals surface area contributed by atoms with E-state index in [0.717, 1.165) is 29.0 Å². The molecular formula is C14H13NO2. The van der Waals surface area contributed by atoms with Gasteiger partial charge in [-0.2, -0.15) is 0 Å². The molecule has 2 rings (SSSR count). The highest BCUT2D eigenvalue weighted by molar-refractivity contribution is 6.09. The maximum absolute atomic E-state index is 11.1. The average Bonchev–Trinajstić information content (AvgIpc) is 2.36. The molecule has 0 unspecified atom stereocenters. The van der Waals surface area contributed by atoms with Crippen molar-refractivity contribution in [1.29, 1.82) is 0 Å². The topological polar surface area (TPSA) is 37.4 Å². The van der Waals surface area contributed by atoms with Gasteiger partial charge in [0.1, 0.15) is 0 Å². The number of hydrogen-bond acceptors (Lipinski definition) is 3. The minimum atomic E-state index is 0.538. The molecule has 0 spiro atoms. The number of carbonyl (C=O) groups is 2. The lowest BCUT2D eigenvalue weighted by Crippen LogP contribution is -2.12. The van der Waals surface area contributed by atoms with Gasteiger partial charge in [-0.3, -0.25) is 9.59 Å². The van der Waals surface area contributed by atoms with E-state index in [1.165, 1.54) is 0 Å². The Kier molecular flexibility index (Phi) is 2.91. The summed E-state index contributed by atoms with van der Waals surface area (Å²) in [4.78, 5) is 24.0. The lowest BCUT2D eigenvalue weighted by molar-refractivity contribution is 0.112. The summed E-state index contributed by atoms with van der Waals surface area (Å²) < 4.78 is 0. The van der Waals surface area contributed by atoms with E-state index in [4.69, 9.17) is 0 Å². The molecule has 0 aliphatic carbocycles. The molecule has 3 nitrogen and oxygen atoms in total. The molecule has 2 aromatic carbocycles. The second-order valence-electron chi connectivity index (χ2n) is 4.08. The zero-order valence-corrected chi connectivity index (χ0v) is 9.81. The normalized spacial score (nSPS) is 10.2. The van der Waals surface area contributed by atoms with Crippen LogP contribution < -0.4 is 4.90 Å². The molecule has 0 bridgehead atoms. The quantitative estimate of drug-likeness (QED) is 0.756. The number of hydrogen-bond donors (Lipinski definition) is 0. The lowest BCUT2D eigenvalue weighted by atomic mass is 9.99. The van der Waals surface area contributed by atoms with Crippen molar-refractivity contribution in [3.8, 4) is 0 Å². The number of aldehydes is 2. The van der Waals surface area contributed by atoms with Gasteiger partial charge in [0.15, 0.2) is 12.6 Å². The fourth-order valence-electron chi connectivity index (χ4n) is 2.10. The summed E-state index contributed by atoms with van der Waals surface area (Å²) in [5.41, 5.74) is 1.94. The first-order valence-electron chi connectivity index (χ1n) is 5.32. The van der Waals surface area contributed by atoms with Gasteiger partial charge in [-0.1, -0.05) is 24.3 Å². The number of fused-ring (bicyclic) bond motifs is 1. The molecule has 0 fully saturated rings. The molecule has 17 heavy (non-hydrogen) atoms. The van der Waals surface area contributed by atoms with Crippen LogP contribution in [0.4, 0.5) is 5.69 Å². The van der Waals surface area contributed by atoms with Gasteiger partial charge in [0.25, 0.3) is 0 Å². The minimum absolute atomic E-state index is 0.538. The van der Waals surface area contributed by atoms with E-state index in [1.807, 2.05) is 43.3 Å². The van der Waals surface area contributed by atoms with Crippen LogP contribution in [0.2, 0.25) is 0 Å². The van der Waals surface area contributed by atoms with E-state index in [9.17, 15) is 9.59 Å². The Labute approximate surface area is 99.7 Å². The Hall–Kier alpha value is -2.16. The van der Waals surface area contributed by atoms with Crippen molar-refractivity contribution in [3.05, 3.63) is 41.5 Å². The summed E-state index contributed by atoms with van der Waals surface area (Å²) in [6.07, 6.45) is 1.57. The van der Waals surface area contributed by atoms with Crippen molar-refractivity contribution in [2.24, 2.45) is 0 Å². The molecule has 0 aromatic heterocycles. The Morgan fingerprint density at radius 2 is 1.53 bits per heavy atom. The monoisotopic (exact) mass is 227 g/mol. The molecule has 3 heteroatoms. The summed E-state index contributed by atoms with van der Waals surface area (Å²) in [7, 11) is 3.77. The van der Waals surface area contributed by atoms with Gasteiger partial charge >= 0.3 is 0 Å². The predicted octanol–water partition coefficient (Wildman–Crippen LogP) is 2.53. The Morgan fingerprint density at radius 1 is 0.941 bits per heavy atom.